The Morgan fingerprint density at radius 1 is 1.10 bits per heavy atom. The predicted octanol–water partition coefficient (Wildman–Crippen LogP) is 2.58. The number of Topliss-reactive ketones (excluding diaryl/α,β-unsaturated/α-hetero) is 1. The Labute approximate surface area is 179 Å². The first kappa shape index (κ1) is 19.9. The van der Waals surface area contributed by atoms with E-state index in [-0.39, 0.29) is 12.3 Å². The first-order valence-electron chi connectivity index (χ1n) is 9.07. The smallest absolute Gasteiger partial charge is 0.263 e. The van der Waals surface area contributed by atoms with Gasteiger partial charge in [-0.3, -0.25) is 24.2 Å². The van der Waals surface area contributed by atoms with E-state index in [1.165, 1.54) is 11.9 Å². The van der Waals surface area contributed by atoms with Crippen LogP contribution in [-0.4, -0.2) is 47.1 Å². The number of nitrogens with one attached hydrogen (secondary N) is 1. The van der Waals surface area contributed by atoms with Gasteiger partial charge < -0.3 is 5.32 Å². The summed E-state index contributed by atoms with van der Waals surface area (Å²) in [4.78, 5) is 50.5. The number of carbonyl (C=O) groups excluding carboxylic acids is 4. The fraction of sp³-hybridized carbons (Fsp3) is 0.200. The highest BCUT2D eigenvalue weighted by molar-refractivity contribution is 9.10. The first-order valence-corrected chi connectivity index (χ1v) is 9.86. The van der Waals surface area contributed by atoms with E-state index in [1.807, 2.05) is 0 Å². The van der Waals surface area contributed by atoms with Gasteiger partial charge in [-0.2, -0.15) is 5.11 Å². The SMILES string of the molecule is CC(=O)c1ccc(NC(=O)CN2N=N[C@H]3C(=O)N(c4cccc(Br)c4)C(=O)[C@@H]32)cc1. The summed E-state index contributed by atoms with van der Waals surface area (Å²) >= 11 is 3.33. The van der Waals surface area contributed by atoms with Gasteiger partial charge in [-0.05, 0) is 49.4 Å². The molecule has 0 aliphatic carbocycles. The summed E-state index contributed by atoms with van der Waals surface area (Å²) < 4.78 is 0.728. The molecule has 10 heteroatoms. The summed E-state index contributed by atoms with van der Waals surface area (Å²) in [6, 6.07) is 11.3. The molecule has 2 heterocycles. The number of ketones is 1. The topological polar surface area (TPSA) is 112 Å². The molecule has 2 aromatic rings. The van der Waals surface area contributed by atoms with Crippen LogP contribution in [-0.2, 0) is 14.4 Å². The molecule has 0 aromatic heterocycles. The molecule has 0 saturated carbocycles. The molecule has 3 amide bonds. The fourth-order valence-corrected chi connectivity index (χ4v) is 3.75. The van der Waals surface area contributed by atoms with Crippen molar-refractivity contribution in [1.82, 2.24) is 5.01 Å². The van der Waals surface area contributed by atoms with Crippen LogP contribution in [0.4, 0.5) is 11.4 Å². The molecular weight excluding hydrogens is 454 g/mol. The van der Waals surface area contributed by atoms with Gasteiger partial charge in [0.05, 0.1) is 5.69 Å². The lowest BCUT2D eigenvalue weighted by atomic mass is 10.1. The van der Waals surface area contributed by atoms with Gasteiger partial charge in [0, 0.05) is 15.7 Å². The molecule has 0 radical (unpaired) electrons. The lowest BCUT2D eigenvalue weighted by Crippen LogP contribution is -2.43. The van der Waals surface area contributed by atoms with Crippen LogP contribution in [0.3, 0.4) is 0 Å². The van der Waals surface area contributed by atoms with Crippen molar-refractivity contribution < 1.29 is 19.2 Å². The van der Waals surface area contributed by atoms with E-state index in [0.717, 1.165) is 9.37 Å². The van der Waals surface area contributed by atoms with Crippen molar-refractivity contribution in [3.63, 3.8) is 0 Å². The molecule has 4 rings (SSSR count). The van der Waals surface area contributed by atoms with Gasteiger partial charge in [-0.15, -0.1) is 0 Å². The summed E-state index contributed by atoms with van der Waals surface area (Å²) in [5, 5.41) is 11.7. The van der Waals surface area contributed by atoms with Crippen molar-refractivity contribution in [2.45, 2.75) is 19.0 Å². The van der Waals surface area contributed by atoms with Crippen molar-refractivity contribution in [3.8, 4) is 0 Å². The third-order valence-corrected chi connectivity index (χ3v) is 5.30. The fourth-order valence-electron chi connectivity index (χ4n) is 3.36. The number of hydrogen-bond donors (Lipinski definition) is 1. The quantitative estimate of drug-likeness (QED) is 0.534. The molecule has 1 N–H and O–H groups in total. The summed E-state index contributed by atoms with van der Waals surface area (Å²) in [7, 11) is 0. The maximum Gasteiger partial charge on any atom is 0.263 e. The third kappa shape index (κ3) is 3.61. The van der Waals surface area contributed by atoms with E-state index in [2.05, 4.69) is 31.6 Å². The molecule has 2 aromatic carbocycles. The monoisotopic (exact) mass is 469 g/mol. The maximum absolute atomic E-state index is 12.9. The van der Waals surface area contributed by atoms with Crippen molar-refractivity contribution in [2.24, 2.45) is 10.3 Å². The molecule has 1 saturated heterocycles. The van der Waals surface area contributed by atoms with Gasteiger partial charge in [0.1, 0.15) is 6.54 Å². The number of imide groups is 1. The highest BCUT2D eigenvalue weighted by Gasteiger charge is 2.55. The number of halogens is 1. The van der Waals surface area contributed by atoms with Gasteiger partial charge in [-0.25, -0.2) is 4.90 Å². The predicted molar refractivity (Wildman–Crippen MR) is 111 cm³/mol. The molecule has 0 bridgehead atoms. The van der Waals surface area contributed by atoms with Crippen LogP contribution in [0.15, 0.2) is 63.3 Å². The number of anilines is 2. The van der Waals surface area contributed by atoms with Gasteiger partial charge in [0.2, 0.25) is 5.91 Å². The van der Waals surface area contributed by atoms with Gasteiger partial charge >= 0.3 is 0 Å². The number of hydrogen-bond acceptors (Lipinski definition) is 7. The average molecular weight is 470 g/mol. The number of benzene rings is 2. The largest absolute Gasteiger partial charge is 0.324 e. The highest BCUT2D eigenvalue weighted by Crippen LogP contribution is 2.32. The molecule has 0 unspecified atom stereocenters. The zero-order chi connectivity index (χ0) is 21.4. The van der Waals surface area contributed by atoms with Crippen LogP contribution in [0, 0.1) is 0 Å². The molecular formula is C20H16BrN5O4. The molecule has 152 valence electrons. The second-order valence-electron chi connectivity index (χ2n) is 6.87. The molecule has 1 fully saturated rings. The van der Waals surface area contributed by atoms with Gasteiger partial charge in [0.25, 0.3) is 11.8 Å². The summed E-state index contributed by atoms with van der Waals surface area (Å²) in [6.07, 6.45) is 0. The standard InChI is InChI=1S/C20H16BrN5O4/c1-11(27)12-5-7-14(8-6-12)22-16(28)10-25-18-17(23-24-25)19(29)26(20(18)30)15-4-2-3-13(21)9-15/h2-9,17-18H,10H2,1H3,(H,22,28)/t17-,18-/m1/s1. The number of carbonyl (C=O) groups is 4. The van der Waals surface area contributed by atoms with Crippen LogP contribution in [0.25, 0.3) is 0 Å². The molecule has 0 spiro atoms. The zero-order valence-corrected chi connectivity index (χ0v) is 17.4. The minimum Gasteiger partial charge on any atom is -0.324 e. The van der Waals surface area contributed by atoms with E-state index in [9.17, 15) is 19.2 Å². The van der Waals surface area contributed by atoms with E-state index < -0.39 is 29.8 Å². The van der Waals surface area contributed by atoms with Gasteiger partial charge in [0.15, 0.2) is 17.9 Å². The Kier molecular flexibility index (Phi) is 5.17. The highest BCUT2D eigenvalue weighted by atomic mass is 79.9. The molecule has 30 heavy (non-hydrogen) atoms. The Hall–Kier alpha value is -3.40. The molecule has 2 atom stereocenters. The lowest BCUT2D eigenvalue weighted by molar-refractivity contribution is -0.123. The Morgan fingerprint density at radius 2 is 1.83 bits per heavy atom. The van der Waals surface area contributed by atoms with Crippen LogP contribution >= 0.6 is 15.9 Å². The second kappa shape index (κ2) is 7.79. The van der Waals surface area contributed by atoms with E-state index >= 15 is 0 Å². The average Bonchev–Trinajstić information content (AvgIpc) is 3.22. The Balaban J connectivity index is 1.46. The molecule has 9 nitrogen and oxygen atoms in total. The lowest BCUT2D eigenvalue weighted by Gasteiger charge is -2.20. The summed E-state index contributed by atoms with van der Waals surface area (Å²) in [5.41, 5.74) is 1.47. The summed E-state index contributed by atoms with van der Waals surface area (Å²) in [6.45, 7) is 1.21. The van der Waals surface area contributed by atoms with Crippen LogP contribution in [0.1, 0.15) is 17.3 Å². The minimum absolute atomic E-state index is 0.0733. The van der Waals surface area contributed by atoms with E-state index in [4.69, 9.17) is 0 Å². The zero-order valence-electron chi connectivity index (χ0n) is 15.8. The summed E-state index contributed by atoms with van der Waals surface area (Å²) in [5.74, 6) is -1.46. The molecule has 2 aliphatic heterocycles. The van der Waals surface area contributed by atoms with E-state index in [1.54, 1.807) is 48.5 Å². The van der Waals surface area contributed by atoms with Crippen molar-refractivity contribution >= 4 is 50.8 Å². The number of nitrogens with zero attached hydrogens (tertiary/aromatic N) is 4. The molecule has 2 aliphatic rings. The van der Waals surface area contributed by atoms with Crippen LogP contribution in [0.5, 0.6) is 0 Å². The first-order chi connectivity index (χ1) is 14.3. The Bertz CT molecular complexity index is 1080. The van der Waals surface area contributed by atoms with Crippen LogP contribution < -0.4 is 10.2 Å². The van der Waals surface area contributed by atoms with E-state index in [0.29, 0.717) is 16.9 Å². The number of rotatable bonds is 5. The maximum atomic E-state index is 12.9. The van der Waals surface area contributed by atoms with Crippen molar-refractivity contribution in [2.75, 3.05) is 16.8 Å². The number of fused-ring (bicyclic) bond motifs is 1. The third-order valence-electron chi connectivity index (χ3n) is 4.81. The van der Waals surface area contributed by atoms with Gasteiger partial charge in [-0.1, -0.05) is 27.2 Å². The van der Waals surface area contributed by atoms with Crippen LogP contribution in [0.2, 0.25) is 0 Å². The van der Waals surface area contributed by atoms with Crippen molar-refractivity contribution in [3.05, 3.63) is 58.6 Å². The normalized spacial score (nSPS) is 19.9. The Morgan fingerprint density at radius 3 is 2.50 bits per heavy atom. The number of amides is 3. The minimum atomic E-state index is -0.973. The van der Waals surface area contributed by atoms with Crippen molar-refractivity contribution in [1.29, 1.82) is 0 Å². The second-order valence-corrected chi connectivity index (χ2v) is 7.78.